The summed E-state index contributed by atoms with van der Waals surface area (Å²) < 4.78 is 0. The lowest BCUT2D eigenvalue weighted by molar-refractivity contribution is 1.32. The van der Waals surface area contributed by atoms with Gasteiger partial charge in [-0.15, -0.1) is 11.8 Å². The molecule has 0 spiro atoms. The van der Waals surface area contributed by atoms with Crippen LogP contribution in [-0.4, -0.2) is 11.2 Å². The van der Waals surface area contributed by atoms with Crippen LogP contribution in [0.15, 0.2) is 29.9 Å². The molecule has 0 aliphatic carbocycles. The Bertz CT molecular complexity index is 206. The molecule has 0 aliphatic heterocycles. The van der Waals surface area contributed by atoms with Gasteiger partial charge >= 0.3 is 0 Å². The second kappa shape index (κ2) is 4.12. The van der Waals surface area contributed by atoms with E-state index in [-0.39, 0.29) is 0 Å². The van der Waals surface area contributed by atoms with Gasteiger partial charge in [-0.25, -0.2) is 0 Å². The molecular formula is C8H9NS. The van der Waals surface area contributed by atoms with Crippen LogP contribution in [0.2, 0.25) is 0 Å². The van der Waals surface area contributed by atoms with Gasteiger partial charge in [-0.3, -0.25) is 4.98 Å². The molecule has 0 saturated carbocycles. The van der Waals surface area contributed by atoms with Crippen LogP contribution in [0, 0.1) is 0 Å². The summed E-state index contributed by atoms with van der Waals surface area (Å²) in [7, 11) is 0. The molecule has 1 heterocycles. The topological polar surface area (TPSA) is 12.9 Å². The summed E-state index contributed by atoms with van der Waals surface area (Å²) in [4.78, 5) is 3.91. The Hall–Kier alpha value is -0.760. The van der Waals surface area contributed by atoms with Gasteiger partial charge in [0.05, 0.1) is 0 Å². The molecule has 0 N–H and O–H groups in total. The third-order valence-corrected chi connectivity index (χ3v) is 1.51. The zero-order valence-corrected chi connectivity index (χ0v) is 6.64. The molecule has 0 saturated heterocycles. The molecular weight excluding hydrogens is 142 g/mol. The highest BCUT2D eigenvalue weighted by Crippen LogP contribution is 2.03. The summed E-state index contributed by atoms with van der Waals surface area (Å²) >= 11 is 1.70. The molecule has 10 heavy (non-hydrogen) atoms. The average molecular weight is 151 g/mol. The minimum Gasteiger partial charge on any atom is -0.265 e. The second-order valence-corrected chi connectivity index (χ2v) is 2.56. The van der Waals surface area contributed by atoms with E-state index < -0.39 is 0 Å². The molecule has 0 amide bonds. The molecule has 0 unspecified atom stereocenters. The van der Waals surface area contributed by atoms with E-state index in [2.05, 4.69) is 16.5 Å². The van der Waals surface area contributed by atoms with E-state index in [4.69, 9.17) is 0 Å². The Morgan fingerprint density at radius 1 is 1.40 bits per heavy atom. The van der Waals surface area contributed by atoms with Crippen LogP contribution in [-0.2, 0) is 0 Å². The maximum atomic E-state index is 3.91. The standard InChI is InChI=1S/C8H9NS/c1-10-7-4-8-2-5-9-6-3-8/h2-7H,1H3/b7-4-. The van der Waals surface area contributed by atoms with Gasteiger partial charge in [0.1, 0.15) is 0 Å². The zero-order chi connectivity index (χ0) is 7.23. The van der Waals surface area contributed by atoms with E-state index in [1.54, 1.807) is 24.2 Å². The van der Waals surface area contributed by atoms with Crippen molar-refractivity contribution in [1.29, 1.82) is 0 Å². The number of pyridine rings is 1. The molecule has 0 aliphatic rings. The molecule has 0 aromatic carbocycles. The normalized spacial score (nSPS) is 10.5. The van der Waals surface area contributed by atoms with Crippen molar-refractivity contribution in [2.45, 2.75) is 0 Å². The predicted molar refractivity (Wildman–Crippen MR) is 46.8 cm³/mol. The number of thioether (sulfide) groups is 1. The maximum Gasteiger partial charge on any atom is 0.0273 e. The number of rotatable bonds is 2. The Labute approximate surface area is 65.2 Å². The lowest BCUT2D eigenvalue weighted by Gasteiger charge is -1.87. The smallest absolute Gasteiger partial charge is 0.0273 e. The van der Waals surface area contributed by atoms with Crippen molar-refractivity contribution in [3.63, 3.8) is 0 Å². The lowest BCUT2D eigenvalue weighted by atomic mass is 10.3. The van der Waals surface area contributed by atoms with Crippen LogP contribution in [0.3, 0.4) is 0 Å². The Kier molecular flexibility index (Phi) is 3.03. The van der Waals surface area contributed by atoms with Crippen LogP contribution in [0.4, 0.5) is 0 Å². The number of hydrogen-bond acceptors (Lipinski definition) is 2. The SMILES string of the molecule is CS/C=C\c1ccncc1. The van der Waals surface area contributed by atoms with Gasteiger partial charge < -0.3 is 0 Å². The van der Waals surface area contributed by atoms with Gasteiger partial charge in [-0.1, -0.05) is 0 Å². The highest BCUT2D eigenvalue weighted by Gasteiger charge is 1.79. The third-order valence-electron chi connectivity index (χ3n) is 1.10. The molecule has 0 bridgehead atoms. The summed E-state index contributed by atoms with van der Waals surface area (Å²) in [5, 5.41) is 2.05. The summed E-state index contributed by atoms with van der Waals surface area (Å²) in [6.07, 6.45) is 7.68. The van der Waals surface area contributed by atoms with E-state index in [9.17, 15) is 0 Å². The highest BCUT2D eigenvalue weighted by atomic mass is 32.2. The van der Waals surface area contributed by atoms with Gasteiger partial charge in [0.2, 0.25) is 0 Å². The molecule has 2 heteroatoms. The Morgan fingerprint density at radius 2 is 2.10 bits per heavy atom. The van der Waals surface area contributed by atoms with Crippen molar-refractivity contribution in [1.82, 2.24) is 4.98 Å². The van der Waals surface area contributed by atoms with Crippen molar-refractivity contribution in [3.8, 4) is 0 Å². The fraction of sp³-hybridized carbons (Fsp3) is 0.125. The van der Waals surface area contributed by atoms with Crippen molar-refractivity contribution in [3.05, 3.63) is 35.5 Å². The van der Waals surface area contributed by atoms with Gasteiger partial charge in [0.15, 0.2) is 0 Å². The predicted octanol–water partition coefficient (Wildman–Crippen LogP) is 2.42. The lowest BCUT2D eigenvalue weighted by Crippen LogP contribution is -1.70. The minimum absolute atomic E-state index is 1.20. The van der Waals surface area contributed by atoms with Crippen LogP contribution < -0.4 is 0 Å². The maximum absolute atomic E-state index is 3.91. The summed E-state index contributed by atoms with van der Waals surface area (Å²) in [5.41, 5.74) is 1.20. The van der Waals surface area contributed by atoms with Crippen molar-refractivity contribution < 1.29 is 0 Å². The fourth-order valence-corrected chi connectivity index (χ4v) is 0.914. The van der Waals surface area contributed by atoms with E-state index in [0.717, 1.165) is 0 Å². The first-order valence-corrected chi connectivity index (χ1v) is 4.31. The molecule has 1 aromatic heterocycles. The number of hydrogen-bond donors (Lipinski definition) is 0. The quantitative estimate of drug-likeness (QED) is 0.643. The van der Waals surface area contributed by atoms with E-state index in [1.807, 2.05) is 18.4 Å². The van der Waals surface area contributed by atoms with E-state index >= 15 is 0 Å². The average Bonchev–Trinajstić information content (AvgIpc) is 2.03. The Balaban J connectivity index is 2.67. The monoisotopic (exact) mass is 151 g/mol. The van der Waals surface area contributed by atoms with Crippen molar-refractivity contribution in [2.75, 3.05) is 6.26 Å². The molecule has 1 rings (SSSR count). The second-order valence-electron chi connectivity index (χ2n) is 1.82. The molecule has 0 fully saturated rings. The number of aromatic nitrogens is 1. The van der Waals surface area contributed by atoms with Crippen LogP contribution in [0.5, 0.6) is 0 Å². The molecule has 1 nitrogen and oxygen atoms in total. The Morgan fingerprint density at radius 3 is 2.70 bits per heavy atom. The van der Waals surface area contributed by atoms with E-state index in [1.165, 1.54) is 5.56 Å². The van der Waals surface area contributed by atoms with E-state index in [0.29, 0.717) is 0 Å². The first kappa shape index (κ1) is 7.35. The zero-order valence-electron chi connectivity index (χ0n) is 5.82. The first-order chi connectivity index (χ1) is 4.93. The molecule has 0 atom stereocenters. The van der Waals surface area contributed by atoms with Gasteiger partial charge in [0.25, 0.3) is 0 Å². The van der Waals surface area contributed by atoms with Crippen molar-refractivity contribution in [2.24, 2.45) is 0 Å². The third kappa shape index (κ3) is 2.23. The van der Waals surface area contributed by atoms with Gasteiger partial charge in [-0.2, -0.15) is 0 Å². The van der Waals surface area contributed by atoms with Gasteiger partial charge in [0, 0.05) is 12.4 Å². The minimum atomic E-state index is 1.20. The largest absolute Gasteiger partial charge is 0.265 e. The van der Waals surface area contributed by atoms with Crippen LogP contribution in [0.1, 0.15) is 5.56 Å². The fourth-order valence-electron chi connectivity index (χ4n) is 0.621. The summed E-state index contributed by atoms with van der Waals surface area (Å²) in [6, 6.07) is 3.96. The molecule has 52 valence electrons. The summed E-state index contributed by atoms with van der Waals surface area (Å²) in [5.74, 6) is 0. The van der Waals surface area contributed by atoms with Crippen molar-refractivity contribution >= 4 is 17.8 Å². The number of nitrogens with zero attached hydrogens (tertiary/aromatic N) is 1. The summed E-state index contributed by atoms with van der Waals surface area (Å²) in [6.45, 7) is 0. The highest BCUT2D eigenvalue weighted by molar-refractivity contribution is 8.01. The van der Waals surface area contributed by atoms with Crippen LogP contribution >= 0.6 is 11.8 Å². The molecule has 1 aromatic rings. The van der Waals surface area contributed by atoms with Gasteiger partial charge in [-0.05, 0) is 35.4 Å². The first-order valence-electron chi connectivity index (χ1n) is 3.03. The van der Waals surface area contributed by atoms with Crippen LogP contribution in [0.25, 0.3) is 6.08 Å². The molecule has 0 radical (unpaired) electrons.